The zero-order chi connectivity index (χ0) is 49.3. The van der Waals surface area contributed by atoms with E-state index in [1.54, 1.807) is 0 Å². The Hall–Kier alpha value is -4.71. The van der Waals surface area contributed by atoms with Crippen LogP contribution in [-0.2, 0) is 28.6 Å². The summed E-state index contributed by atoms with van der Waals surface area (Å²) in [7, 11) is 0. The molecule has 380 valence electrons. The minimum absolute atomic E-state index is 0.125. The molecule has 0 N–H and O–H groups in total. The molecule has 0 fully saturated rings. The number of carbonyl (C=O) groups is 3. The van der Waals surface area contributed by atoms with Gasteiger partial charge in [-0.15, -0.1) is 0 Å². The van der Waals surface area contributed by atoms with E-state index in [1.165, 1.54) is 44.9 Å². The van der Waals surface area contributed by atoms with Crippen LogP contribution in [0.2, 0.25) is 0 Å². The van der Waals surface area contributed by atoms with Crippen LogP contribution in [0.3, 0.4) is 0 Å². The van der Waals surface area contributed by atoms with Gasteiger partial charge in [-0.05, 0) is 109 Å². The van der Waals surface area contributed by atoms with Crippen LogP contribution in [0.5, 0.6) is 0 Å². The number of allylic oxidation sites excluding steroid dienone is 24. The predicted octanol–water partition coefficient (Wildman–Crippen LogP) is 18.0. The van der Waals surface area contributed by atoms with Crippen molar-refractivity contribution < 1.29 is 28.6 Å². The molecule has 0 saturated heterocycles. The van der Waals surface area contributed by atoms with Gasteiger partial charge in [0.1, 0.15) is 13.2 Å². The van der Waals surface area contributed by atoms with Gasteiger partial charge in [-0.25, -0.2) is 0 Å². The number of rotatable bonds is 46. The Morgan fingerprint density at radius 1 is 0.309 bits per heavy atom. The normalized spacial score (nSPS) is 13.3. The van der Waals surface area contributed by atoms with Gasteiger partial charge in [0.15, 0.2) is 6.10 Å². The van der Waals surface area contributed by atoms with E-state index in [0.717, 1.165) is 109 Å². The Morgan fingerprint density at radius 2 is 0.603 bits per heavy atom. The Bertz CT molecular complexity index is 1540. The third kappa shape index (κ3) is 52.3. The van der Waals surface area contributed by atoms with Crippen LogP contribution in [0.1, 0.15) is 207 Å². The molecule has 1 unspecified atom stereocenters. The molecular formula is C62H96O6. The second-order valence-corrected chi connectivity index (χ2v) is 17.0. The minimum atomic E-state index is -0.837. The molecule has 0 amide bonds. The van der Waals surface area contributed by atoms with E-state index in [9.17, 15) is 14.4 Å². The van der Waals surface area contributed by atoms with Crippen molar-refractivity contribution in [2.24, 2.45) is 0 Å². The zero-order valence-electron chi connectivity index (χ0n) is 43.3. The molecule has 1 atom stereocenters. The molecule has 0 aliphatic heterocycles. The Morgan fingerprint density at radius 3 is 0.956 bits per heavy atom. The minimum Gasteiger partial charge on any atom is -0.462 e. The van der Waals surface area contributed by atoms with Crippen molar-refractivity contribution in [3.63, 3.8) is 0 Å². The van der Waals surface area contributed by atoms with Gasteiger partial charge < -0.3 is 14.2 Å². The molecule has 0 bridgehead atoms. The maximum absolute atomic E-state index is 12.7. The van der Waals surface area contributed by atoms with Gasteiger partial charge >= 0.3 is 17.9 Å². The summed E-state index contributed by atoms with van der Waals surface area (Å²) in [6, 6.07) is 0. The maximum Gasteiger partial charge on any atom is 0.306 e. The van der Waals surface area contributed by atoms with Gasteiger partial charge in [-0.1, -0.05) is 224 Å². The van der Waals surface area contributed by atoms with E-state index < -0.39 is 12.1 Å². The maximum atomic E-state index is 12.7. The van der Waals surface area contributed by atoms with Crippen molar-refractivity contribution in [2.75, 3.05) is 13.2 Å². The highest BCUT2D eigenvalue weighted by atomic mass is 16.6. The van der Waals surface area contributed by atoms with Gasteiger partial charge in [-0.2, -0.15) is 0 Å². The number of carbonyl (C=O) groups excluding carboxylic acids is 3. The summed E-state index contributed by atoms with van der Waals surface area (Å²) in [5, 5.41) is 0. The van der Waals surface area contributed by atoms with Crippen LogP contribution in [0.25, 0.3) is 0 Å². The summed E-state index contributed by atoms with van der Waals surface area (Å²) in [6.45, 7) is 6.27. The number of hydrogen-bond acceptors (Lipinski definition) is 6. The first-order valence-corrected chi connectivity index (χ1v) is 26.8. The van der Waals surface area contributed by atoms with Crippen molar-refractivity contribution in [3.05, 3.63) is 146 Å². The summed E-state index contributed by atoms with van der Waals surface area (Å²) in [6.07, 6.45) is 78.6. The molecule has 0 aromatic carbocycles. The highest BCUT2D eigenvalue weighted by molar-refractivity contribution is 5.71. The number of unbranched alkanes of at least 4 members (excludes halogenated alkanes) is 11. The first-order chi connectivity index (χ1) is 33.5. The highest BCUT2D eigenvalue weighted by Gasteiger charge is 2.19. The summed E-state index contributed by atoms with van der Waals surface area (Å²) < 4.78 is 16.7. The molecule has 0 aromatic rings. The topological polar surface area (TPSA) is 78.9 Å². The van der Waals surface area contributed by atoms with Gasteiger partial charge in [-0.3, -0.25) is 14.4 Å². The van der Waals surface area contributed by atoms with Crippen molar-refractivity contribution in [2.45, 2.75) is 213 Å². The van der Waals surface area contributed by atoms with E-state index in [2.05, 4.69) is 154 Å². The molecule has 68 heavy (non-hydrogen) atoms. The monoisotopic (exact) mass is 937 g/mol. The van der Waals surface area contributed by atoms with E-state index in [0.29, 0.717) is 19.3 Å². The molecule has 6 nitrogen and oxygen atoms in total. The summed E-state index contributed by atoms with van der Waals surface area (Å²) in [5.74, 6) is -1.07. The largest absolute Gasteiger partial charge is 0.462 e. The molecule has 0 saturated carbocycles. The number of hydrogen-bond donors (Lipinski definition) is 0. The fourth-order valence-electron chi connectivity index (χ4n) is 6.65. The molecular weight excluding hydrogens is 841 g/mol. The van der Waals surface area contributed by atoms with Gasteiger partial charge in [0, 0.05) is 19.3 Å². The van der Waals surface area contributed by atoms with Crippen LogP contribution >= 0.6 is 0 Å². The van der Waals surface area contributed by atoms with Crippen LogP contribution in [0.4, 0.5) is 0 Å². The number of ether oxygens (including phenoxy) is 3. The Balaban J connectivity index is 4.45. The SMILES string of the molecule is CC/C=C\C/C=C\C/C=C\C/C=C\C/C=C\C/C=C\C/C=C\C/C=C\CCCCC(=O)OCC(COC(=O)CCCCCCCCCCCC)OC(=O)CC/C=C\C/C=C\C/C=C\C/C=C\CC. The lowest BCUT2D eigenvalue weighted by Crippen LogP contribution is -2.30. The second kappa shape index (κ2) is 54.9. The van der Waals surface area contributed by atoms with Crippen LogP contribution in [0, 0.1) is 0 Å². The molecule has 0 aliphatic carbocycles. The third-order valence-corrected chi connectivity index (χ3v) is 10.6. The molecule has 0 heterocycles. The van der Waals surface area contributed by atoms with Crippen molar-refractivity contribution in [1.82, 2.24) is 0 Å². The zero-order valence-corrected chi connectivity index (χ0v) is 43.3. The summed E-state index contributed by atoms with van der Waals surface area (Å²) in [4.78, 5) is 37.9. The van der Waals surface area contributed by atoms with Crippen molar-refractivity contribution in [1.29, 1.82) is 0 Å². The first-order valence-electron chi connectivity index (χ1n) is 26.8. The lowest BCUT2D eigenvalue weighted by atomic mass is 10.1. The van der Waals surface area contributed by atoms with Gasteiger partial charge in [0.2, 0.25) is 0 Å². The Kier molecular flexibility index (Phi) is 51.1. The lowest BCUT2D eigenvalue weighted by molar-refractivity contribution is -0.166. The van der Waals surface area contributed by atoms with Crippen LogP contribution < -0.4 is 0 Å². The van der Waals surface area contributed by atoms with Crippen LogP contribution in [-0.4, -0.2) is 37.2 Å². The summed E-state index contributed by atoms with van der Waals surface area (Å²) >= 11 is 0. The molecule has 0 radical (unpaired) electrons. The quantitative estimate of drug-likeness (QED) is 0.0262. The fourth-order valence-corrected chi connectivity index (χ4v) is 6.65. The lowest BCUT2D eigenvalue weighted by Gasteiger charge is -2.18. The Labute approximate surface area is 417 Å². The van der Waals surface area contributed by atoms with Crippen molar-refractivity contribution in [3.8, 4) is 0 Å². The third-order valence-electron chi connectivity index (χ3n) is 10.6. The highest BCUT2D eigenvalue weighted by Crippen LogP contribution is 2.13. The van der Waals surface area contributed by atoms with E-state index in [-0.39, 0.29) is 38.0 Å². The van der Waals surface area contributed by atoms with E-state index >= 15 is 0 Å². The molecule has 0 spiro atoms. The average molecular weight is 937 g/mol. The van der Waals surface area contributed by atoms with Crippen molar-refractivity contribution >= 4 is 17.9 Å². The molecule has 6 heteroatoms. The molecule has 0 aliphatic rings. The van der Waals surface area contributed by atoms with E-state index in [4.69, 9.17) is 14.2 Å². The van der Waals surface area contributed by atoms with Crippen LogP contribution in [0.15, 0.2) is 146 Å². The van der Waals surface area contributed by atoms with E-state index in [1.807, 2.05) is 12.2 Å². The molecule has 0 aromatic heterocycles. The number of esters is 3. The average Bonchev–Trinajstić information content (AvgIpc) is 3.34. The standard InChI is InChI=1S/C62H96O6/c1-4-7-10-13-16-19-22-24-25-26-27-28-29-30-31-32-33-34-35-36-37-39-40-43-46-49-52-55-61(64)67-58-59(57-66-60(63)54-51-48-45-42-21-18-15-12-9-6-3)68-62(65)56-53-50-47-44-41-38-23-20-17-14-11-8-5-2/h7-8,10-11,16-17,19-20,24-25,27-28,30-31,33-34,36-38,40-41,43,47,50,59H,4-6,9,12-15,18,21-23,26,29,32,35,39,42,44-46,48-49,51-58H2,1-3H3/b10-7-,11-8-,19-16-,20-17-,25-24-,28-27-,31-30-,34-33-,37-36-,41-38-,43-40-,50-47-. The predicted molar refractivity (Wildman–Crippen MR) is 292 cm³/mol. The summed E-state index contributed by atoms with van der Waals surface area (Å²) in [5.41, 5.74) is 0. The first kappa shape index (κ1) is 63.3. The fraction of sp³-hybridized carbons (Fsp3) is 0.565. The second-order valence-electron chi connectivity index (χ2n) is 17.0. The molecule has 0 rings (SSSR count). The van der Waals surface area contributed by atoms with Gasteiger partial charge in [0.25, 0.3) is 0 Å². The van der Waals surface area contributed by atoms with Gasteiger partial charge in [0.05, 0.1) is 0 Å². The smallest absolute Gasteiger partial charge is 0.306 e.